The van der Waals surface area contributed by atoms with Crippen LogP contribution in [0, 0.1) is 0 Å². The fraction of sp³-hybridized carbons (Fsp3) is 1.00. The van der Waals surface area contributed by atoms with Crippen molar-refractivity contribution >= 4 is 11.4 Å². The van der Waals surface area contributed by atoms with Gasteiger partial charge in [-0.3, -0.25) is 8.37 Å². The first kappa shape index (κ1) is 18.0. The molecule has 0 aromatic carbocycles. The van der Waals surface area contributed by atoms with Crippen molar-refractivity contribution < 1.29 is 31.5 Å². The topological polar surface area (TPSA) is 72.5 Å². The molecule has 3 saturated heterocycles. The zero-order chi connectivity index (χ0) is 17.6. The van der Waals surface area contributed by atoms with Crippen molar-refractivity contribution in [1.29, 1.82) is 0 Å². The molecule has 0 bridgehead atoms. The molecular formula is C18H28O7S. The Balaban J connectivity index is 1.27. The first-order valence-corrected chi connectivity index (χ1v) is 11.1. The van der Waals surface area contributed by atoms with Gasteiger partial charge in [0.1, 0.15) is 24.4 Å². The van der Waals surface area contributed by atoms with Gasteiger partial charge in [-0.05, 0) is 25.7 Å². The molecule has 0 radical (unpaired) electrons. The number of hydrogen-bond donors (Lipinski definition) is 0. The molecule has 3 aliphatic heterocycles. The molecule has 0 unspecified atom stereocenters. The molecule has 7 nitrogen and oxygen atoms in total. The zero-order valence-electron chi connectivity index (χ0n) is 15.1. The fourth-order valence-corrected chi connectivity index (χ4v) is 5.92. The van der Waals surface area contributed by atoms with Gasteiger partial charge in [-0.1, -0.05) is 12.8 Å². The van der Waals surface area contributed by atoms with Crippen molar-refractivity contribution in [3.05, 3.63) is 0 Å². The standard InChI is InChI=1S/C18H28O7S/c19-26-24-15(13-11-20-17(22-13)7-3-1-4-8-17)16(25-26)14-12-21-18(23-14)9-5-2-6-10-18/h13-16H,1-12H2/t13-,14-,15-,16-/m1/s1. The van der Waals surface area contributed by atoms with Crippen molar-refractivity contribution in [1.82, 2.24) is 0 Å². The van der Waals surface area contributed by atoms with Crippen LogP contribution in [-0.2, 0) is 38.7 Å². The molecule has 5 rings (SSSR count). The van der Waals surface area contributed by atoms with Gasteiger partial charge < -0.3 is 18.9 Å². The lowest BCUT2D eigenvalue weighted by Gasteiger charge is -2.33. The lowest BCUT2D eigenvalue weighted by Crippen LogP contribution is -2.46. The monoisotopic (exact) mass is 388 g/mol. The van der Waals surface area contributed by atoms with Gasteiger partial charge in [0, 0.05) is 25.7 Å². The summed E-state index contributed by atoms with van der Waals surface area (Å²) in [7, 11) is 0. The Bertz CT molecular complexity index is 498. The third-order valence-electron chi connectivity index (χ3n) is 6.42. The molecule has 8 heteroatoms. The van der Waals surface area contributed by atoms with Crippen molar-refractivity contribution in [3.63, 3.8) is 0 Å². The predicted molar refractivity (Wildman–Crippen MR) is 91.2 cm³/mol. The molecule has 3 heterocycles. The SMILES string of the molecule is O=S1O[C@H]([C@H]2COC3(CCCCC3)O2)[C@@H]([C@H]2COC3(CCCCC3)O2)O1. The van der Waals surface area contributed by atoms with E-state index in [4.69, 9.17) is 27.3 Å². The van der Waals surface area contributed by atoms with E-state index < -0.39 is 35.1 Å². The highest BCUT2D eigenvalue weighted by molar-refractivity contribution is 7.75. The van der Waals surface area contributed by atoms with Crippen LogP contribution in [0.4, 0.5) is 0 Å². The van der Waals surface area contributed by atoms with E-state index in [0.717, 1.165) is 51.4 Å². The van der Waals surface area contributed by atoms with Crippen LogP contribution in [0.15, 0.2) is 0 Å². The molecule has 148 valence electrons. The van der Waals surface area contributed by atoms with E-state index >= 15 is 0 Å². The minimum absolute atomic E-state index is 0.281. The second-order valence-electron chi connectivity index (χ2n) is 8.20. The molecule has 0 aromatic heterocycles. The Morgan fingerprint density at radius 2 is 1.08 bits per heavy atom. The highest BCUT2D eigenvalue weighted by atomic mass is 32.2. The van der Waals surface area contributed by atoms with Gasteiger partial charge in [-0.25, -0.2) is 0 Å². The maximum absolute atomic E-state index is 12.0. The summed E-state index contributed by atoms with van der Waals surface area (Å²) in [5.74, 6) is -0.975. The molecule has 5 aliphatic rings. The molecule has 26 heavy (non-hydrogen) atoms. The van der Waals surface area contributed by atoms with Crippen molar-refractivity contribution in [3.8, 4) is 0 Å². The molecule has 0 N–H and O–H groups in total. The number of ether oxygens (including phenoxy) is 4. The third kappa shape index (κ3) is 3.27. The highest BCUT2D eigenvalue weighted by Crippen LogP contribution is 2.43. The summed E-state index contributed by atoms with van der Waals surface area (Å²) in [6, 6.07) is 0. The lowest BCUT2D eigenvalue weighted by molar-refractivity contribution is -0.206. The zero-order valence-corrected chi connectivity index (χ0v) is 15.9. The lowest BCUT2D eigenvalue weighted by atomic mass is 9.94. The van der Waals surface area contributed by atoms with E-state index in [0.29, 0.717) is 13.2 Å². The summed E-state index contributed by atoms with van der Waals surface area (Å²) in [5, 5.41) is 0. The average Bonchev–Trinajstić information content (AvgIpc) is 3.35. The van der Waals surface area contributed by atoms with E-state index in [1.54, 1.807) is 0 Å². The minimum atomic E-state index is -1.78. The Morgan fingerprint density at radius 1 is 0.654 bits per heavy atom. The molecule has 2 saturated carbocycles. The quantitative estimate of drug-likeness (QED) is 0.720. The second kappa shape index (κ2) is 7.06. The summed E-state index contributed by atoms with van der Waals surface area (Å²) < 4.78 is 47.8. The van der Waals surface area contributed by atoms with Gasteiger partial charge >= 0.3 is 11.4 Å². The van der Waals surface area contributed by atoms with Crippen LogP contribution in [-0.4, -0.2) is 53.4 Å². The summed E-state index contributed by atoms with van der Waals surface area (Å²) >= 11 is -1.78. The molecule has 5 fully saturated rings. The van der Waals surface area contributed by atoms with Gasteiger partial charge in [0.2, 0.25) is 0 Å². The van der Waals surface area contributed by atoms with E-state index in [-0.39, 0.29) is 12.2 Å². The average molecular weight is 388 g/mol. The predicted octanol–water partition coefficient (Wildman–Crippen LogP) is 2.50. The van der Waals surface area contributed by atoms with E-state index in [1.807, 2.05) is 0 Å². The Hall–Kier alpha value is -0.0900. The smallest absolute Gasteiger partial charge is 0.305 e. The molecule has 4 atom stereocenters. The van der Waals surface area contributed by atoms with Crippen LogP contribution in [0.25, 0.3) is 0 Å². The number of hydrogen-bond acceptors (Lipinski definition) is 7. The fourth-order valence-electron chi connectivity index (χ4n) is 5.05. The summed E-state index contributed by atoms with van der Waals surface area (Å²) in [6.07, 6.45) is 9.11. The molecular weight excluding hydrogens is 360 g/mol. The Morgan fingerprint density at radius 3 is 1.50 bits per heavy atom. The van der Waals surface area contributed by atoms with Crippen LogP contribution in [0.2, 0.25) is 0 Å². The molecule has 2 spiro atoms. The Labute approximate surface area is 156 Å². The van der Waals surface area contributed by atoms with Crippen molar-refractivity contribution in [2.45, 2.75) is 100 Å². The van der Waals surface area contributed by atoms with Gasteiger partial charge in [0.25, 0.3) is 0 Å². The van der Waals surface area contributed by atoms with Gasteiger partial charge in [0.05, 0.1) is 13.2 Å². The van der Waals surface area contributed by atoms with E-state index in [1.165, 1.54) is 12.8 Å². The largest absolute Gasteiger partial charge is 0.347 e. The Kier molecular flexibility index (Phi) is 4.88. The summed E-state index contributed by atoms with van der Waals surface area (Å²) in [6.45, 7) is 0.890. The number of rotatable bonds is 2. The third-order valence-corrected chi connectivity index (χ3v) is 7.18. The maximum Gasteiger partial charge on any atom is 0.305 e. The van der Waals surface area contributed by atoms with Crippen LogP contribution in [0.5, 0.6) is 0 Å². The summed E-state index contributed by atoms with van der Waals surface area (Å²) in [5.41, 5.74) is 0. The van der Waals surface area contributed by atoms with Crippen LogP contribution in [0.3, 0.4) is 0 Å². The van der Waals surface area contributed by atoms with Crippen molar-refractivity contribution in [2.24, 2.45) is 0 Å². The molecule has 2 aliphatic carbocycles. The first-order chi connectivity index (χ1) is 12.7. The van der Waals surface area contributed by atoms with Gasteiger partial charge in [-0.2, -0.15) is 4.21 Å². The van der Waals surface area contributed by atoms with Gasteiger partial charge in [-0.15, -0.1) is 0 Å². The molecule has 0 amide bonds. The van der Waals surface area contributed by atoms with E-state index in [9.17, 15) is 4.21 Å². The first-order valence-electron chi connectivity index (χ1n) is 10.1. The van der Waals surface area contributed by atoms with Gasteiger partial charge in [0.15, 0.2) is 11.6 Å². The van der Waals surface area contributed by atoms with Crippen LogP contribution < -0.4 is 0 Å². The maximum atomic E-state index is 12.0. The van der Waals surface area contributed by atoms with Crippen LogP contribution >= 0.6 is 0 Å². The second-order valence-corrected chi connectivity index (χ2v) is 9.00. The van der Waals surface area contributed by atoms with Crippen molar-refractivity contribution in [2.75, 3.05) is 13.2 Å². The molecule has 0 aromatic rings. The van der Waals surface area contributed by atoms with E-state index in [2.05, 4.69) is 0 Å². The van der Waals surface area contributed by atoms with Crippen LogP contribution in [0.1, 0.15) is 64.2 Å². The summed E-state index contributed by atoms with van der Waals surface area (Å²) in [4.78, 5) is 0. The normalized spacial score (nSPS) is 44.8. The minimum Gasteiger partial charge on any atom is -0.347 e. The highest BCUT2D eigenvalue weighted by Gasteiger charge is 2.55.